The average Bonchev–Trinajstić information content (AvgIpc) is 2.94. The lowest BCUT2D eigenvalue weighted by Gasteiger charge is -2.33. The molecule has 1 fully saturated rings. The minimum Gasteiger partial charge on any atom is -0.352 e. The third-order valence-electron chi connectivity index (χ3n) is 7.02. The number of halogens is 3. The molecule has 1 aliphatic rings. The molecule has 0 unspecified atom stereocenters. The van der Waals surface area contributed by atoms with E-state index in [1.54, 1.807) is 17.0 Å². The van der Waals surface area contributed by atoms with Crippen molar-refractivity contribution in [2.24, 2.45) is 0 Å². The van der Waals surface area contributed by atoms with E-state index in [0.717, 1.165) is 46.8 Å². The molecule has 8 heteroatoms. The Morgan fingerprint density at radius 1 is 0.897 bits per heavy atom. The van der Waals surface area contributed by atoms with Gasteiger partial charge in [0.1, 0.15) is 6.04 Å². The van der Waals surface area contributed by atoms with Crippen molar-refractivity contribution in [1.29, 1.82) is 0 Å². The van der Waals surface area contributed by atoms with Crippen molar-refractivity contribution in [2.45, 2.75) is 62.9 Å². The highest BCUT2D eigenvalue weighted by Crippen LogP contribution is 2.29. The number of benzene rings is 3. The van der Waals surface area contributed by atoms with Crippen LogP contribution in [0.1, 0.15) is 48.8 Å². The lowest BCUT2D eigenvalue weighted by molar-refractivity contribution is -0.139. The summed E-state index contributed by atoms with van der Waals surface area (Å²) in [6.07, 6.45) is 5.87. The highest BCUT2D eigenvalue weighted by atomic mass is 79.9. The molecule has 0 spiro atoms. The molecule has 1 N–H and O–H groups in total. The maximum absolute atomic E-state index is 13.9. The zero-order chi connectivity index (χ0) is 27.6. The molecule has 0 radical (unpaired) electrons. The molecule has 1 aliphatic carbocycles. The summed E-state index contributed by atoms with van der Waals surface area (Å²) in [6, 6.07) is 22.7. The highest BCUT2D eigenvalue weighted by Gasteiger charge is 2.32. The maximum Gasteiger partial charge on any atom is 0.243 e. The fourth-order valence-corrected chi connectivity index (χ4v) is 6.79. The minimum atomic E-state index is -0.630. The van der Waals surface area contributed by atoms with E-state index in [0.29, 0.717) is 28.8 Å². The molecule has 0 aromatic heterocycles. The molecule has 4 rings (SSSR count). The topological polar surface area (TPSA) is 49.4 Å². The van der Waals surface area contributed by atoms with Crippen LogP contribution < -0.4 is 5.32 Å². The van der Waals surface area contributed by atoms with Crippen LogP contribution in [0.2, 0.25) is 10.0 Å². The van der Waals surface area contributed by atoms with Crippen LogP contribution in [0, 0.1) is 0 Å². The maximum atomic E-state index is 13.9. The van der Waals surface area contributed by atoms with Gasteiger partial charge < -0.3 is 10.2 Å². The van der Waals surface area contributed by atoms with Crippen LogP contribution >= 0.6 is 50.9 Å². The molecule has 206 valence electrons. The second kappa shape index (κ2) is 15.1. The molecular formula is C31H33BrCl2N2O2S. The zero-order valence-corrected chi connectivity index (χ0v) is 25.7. The van der Waals surface area contributed by atoms with Gasteiger partial charge in [-0.05, 0) is 53.8 Å². The standard InChI is InChI=1S/C31H33BrCl2N2O2S/c32-24-16-14-23(15-17-24)19-36(30(37)21-39-20-26-27(33)12-7-13-28(26)34)29(18-22-8-3-1-4-9-22)31(38)35-25-10-5-2-6-11-25/h1,3-4,7-9,12-17,25,29H,2,5-6,10-11,18-21H2,(H,35,38)/t29-/m0/s1. The van der Waals surface area contributed by atoms with Gasteiger partial charge in [0.15, 0.2) is 0 Å². The number of carbonyl (C=O) groups is 2. The van der Waals surface area contributed by atoms with E-state index >= 15 is 0 Å². The Bertz CT molecular complexity index is 1220. The van der Waals surface area contributed by atoms with Gasteiger partial charge in [-0.3, -0.25) is 9.59 Å². The summed E-state index contributed by atoms with van der Waals surface area (Å²) in [5.74, 6) is 0.537. The van der Waals surface area contributed by atoms with E-state index in [-0.39, 0.29) is 23.6 Å². The van der Waals surface area contributed by atoms with Gasteiger partial charge in [0.05, 0.1) is 5.75 Å². The van der Waals surface area contributed by atoms with Gasteiger partial charge in [0.25, 0.3) is 0 Å². The van der Waals surface area contributed by atoms with Crippen molar-refractivity contribution >= 4 is 62.7 Å². The van der Waals surface area contributed by atoms with E-state index in [2.05, 4.69) is 21.2 Å². The van der Waals surface area contributed by atoms with Gasteiger partial charge in [-0.15, -0.1) is 11.8 Å². The first kappa shape index (κ1) is 30.0. The summed E-state index contributed by atoms with van der Waals surface area (Å²) < 4.78 is 0.965. The summed E-state index contributed by atoms with van der Waals surface area (Å²) in [7, 11) is 0. The molecule has 1 atom stereocenters. The molecule has 1 saturated carbocycles. The molecule has 4 nitrogen and oxygen atoms in total. The van der Waals surface area contributed by atoms with E-state index in [4.69, 9.17) is 23.2 Å². The van der Waals surface area contributed by atoms with Crippen LogP contribution in [0.15, 0.2) is 77.3 Å². The number of rotatable bonds is 11. The molecule has 0 heterocycles. The Balaban J connectivity index is 1.57. The predicted octanol–water partition coefficient (Wildman–Crippen LogP) is 8.08. The van der Waals surface area contributed by atoms with E-state index in [1.807, 2.05) is 60.7 Å². The fraction of sp³-hybridized carbons (Fsp3) is 0.355. The van der Waals surface area contributed by atoms with Crippen molar-refractivity contribution in [1.82, 2.24) is 10.2 Å². The first-order valence-electron chi connectivity index (χ1n) is 13.3. The van der Waals surface area contributed by atoms with Crippen molar-refractivity contribution < 1.29 is 9.59 Å². The third-order valence-corrected chi connectivity index (χ3v) is 9.20. The Morgan fingerprint density at radius 3 is 2.23 bits per heavy atom. The Morgan fingerprint density at radius 2 is 1.56 bits per heavy atom. The number of nitrogens with one attached hydrogen (secondary N) is 1. The molecule has 2 amide bonds. The second-order valence-electron chi connectivity index (χ2n) is 9.89. The predicted molar refractivity (Wildman–Crippen MR) is 166 cm³/mol. The van der Waals surface area contributed by atoms with Crippen molar-refractivity contribution in [3.63, 3.8) is 0 Å². The van der Waals surface area contributed by atoms with Gasteiger partial charge in [0, 0.05) is 39.3 Å². The monoisotopic (exact) mass is 646 g/mol. The molecule has 39 heavy (non-hydrogen) atoms. The van der Waals surface area contributed by atoms with Gasteiger partial charge in [-0.2, -0.15) is 0 Å². The Labute approximate surface area is 254 Å². The lowest BCUT2D eigenvalue weighted by atomic mass is 9.94. The van der Waals surface area contributed by atoms with E-state index < -0.39 is 6.04 Å². The number of carbonyl (C=O) groups excluding carboxylic acids is 2. The molecule has 3 aromatic rings. The Hall–Kier alpha value is -1.99. The van der Waals surface area contributed by atoms with E-state index in [9.17, 15) is 9.59 Å². The fourth-order valence-electron chi connectivity index (χ4n) is 4.88. The van der Waals surface area contributed by atoms with Crippen LogP contribution in [0.4, 0.5) is 0 Å². The summed E-state index contributed by atoms with van der Waals surface area (Å²) in [5, 5.41) is 4.46. The number of hydrogen-bond acceptors (Lipinski definition) is 3. The van der Waals surface area contributed by atoms with Gasteiger partial charge in [-0.25, -0.2) is 0 Å². The molecule has 0 bridgehead atoms. The summed E-state index contributed by atoms with van der Waals surface area (Å²) >= 11 is 17.7. The van der Waals surface area contributed by atoms with Crippen molar-refractivity contribution in [2.75, 3.05) is 5.75 Å². The zero-order valence-electron chi connectivity index (χ0n) is 21.8. The summed E-state index contributed by atoms with van der Waals surface area (Å²) in [6.45, 7) is 0.342. The molecule has 0 aliphatic heterocycles. The Kier molecular flexibility index (Phi) is 11.6. The summed E-state index contributed by atoms with van der Waals surface area (Å²) in [4.78, 5) is 29.4. The average molecular weight is 648 g/mol. The van der Waals surface area contributed by atoms with E-state index in [1.165, 1.54) is 18.2 Å². The number of amides is 2. The van der Waals surface area contributed by atoms with Gasteiger partial charge in [-0.1, -0.05) is 107 Å². The van der Waals surface area contributed by atoms with Crippen LogP contribution in [-0.2, 0) is 28.3 Å². The van der Waals surface area contributed by atoms with Crippen LogP contribution in [0.5, 0.6) is 0 Å². The third kappa shape index (κ3) is 9.01. The molecule has 3 aromatic carbocycles. The number of hydrogen-bond donors (Lipinski definition) is 1. The first-order chi connectivity index (χ1) is 18.9. The number of thioether (sulfide) groups is 1. The SMILES string of the molecule is O=C(NC1CCCCC1)[C@H](Cc1ccccc1)N(Cc1ccc(Br)cc1)C(=O)CSCc1c(Cl)cccc1Cl. The minimum absolute atomic E-state index is 0.0876. The summed E-state index contributed by atoms with van der Waals surface area (Å²) in [5.41, 5.74) is 2.80. The van der Waals surface area contributed by atoms with Crippen molar-refractivity contribution in [3.8, 4) is 0 Å². The van der Waals surface area contributed by atoms with Gasteiger partial charge in [0.2, 0.25) is 11.8 Å². The molecule has 0 saturated heterocycles. The van der Waals surface area contributed by atoms with Gasteiger partial charge >= 0.3 is 0 Å². The first-order valence-corrected chi connectivity index (χ1v) is 16.0. The van der Waals surface area contributed by atoms with Crippen molar-refractivity contribution in [3.05, 3.63) is 104 Å². The second-order valence-corrected chi connectivity index (χ2v) is 12.6. The van der Waals surface area contributed by atoms with Crippen LogP contribution in [-0.4, -0.2) is 34.6 Å². The van der Waals surface area contributed by atoms with Crippen LogP contribution in [0.3, 0.4) is 0 Å². The smallest absolute Gasteiger partial charge is 0.243 e. The quantitative estimate of drug-likeness (QED) is 0.229. The highest BCUT2D eigenvalue weighted by molar-refractivity contribution is 9.10. The molecular weight excluding hydrogens is 615 g/mol. The van der Waals surface area contributed by atoms with Crippen LogP contribution in [0.25, 0.3) is 0 Å². The number of nitrogens with zero attached hydrogens (tertiary/aromatic N) is 1. The largest absolute Gasteiger partial charge is 0.352 e. The lowest BCUT2D eigenvalue weighted by Crippen LogP contribution is -2.53. The normalized spacial score (nSPS) is 14.5.